The van der Waals surface area contributed by atoms with E-state index in [2.05, 4.69) is 35.9 Å². The molecular formula is C14H12BBrCl2N4O2S2. The van der Waals surface area contributed by atoms with E-state index in [0.29, 0.717) is 9.11 Å². The number of imidazole rings is 2. The first kappa shape index (κ1) is 21.2. The largest absolute Gasteiger partial charge is 0.499 e. The first-order valence-electron chi connectivity index (χ1n) is 6.95. The lowest BCUT2D eigenvalue weighted by Gasteiger charge is -1.87. The van der Waals surface area contributed by atoms with Gasteiger partial charge >= 0.3 is 7.12 Å². The second kappa shape index (κ2) is 10.9. The summed E-state index contributed by atoms with van der Waals surface area (Å²) in [5.74, 6) is 0. The van der Waals surface area contributed by atoms with Gasteiger partial charge in [0.15, 0.2) is 0 Å². The lowest BCUT2D eigenvalue weighted by atomic mass is 9.90. The van der Waals surface area contributed by atoms with Crippen molar-refractivity contribution in [1.82, 2.24) is 19.9 Å². The predicted molar refractivity (Wildman–Crippen MR) is 112 cm³/mol. The van der Waals surface area contributed by atoms with Crippen LogP contribution in [-0.4, -0.2) is 37.1 Å². The Morgan fingerprint density at radius 1 is 0.923 bits per heavy atom. The van der Waals surface area contributed by atoms with E-state index >= 15 is 0 Å². The number of aromatic amines is 2. The molecule has 4 heterocycles. The van der Waals surface area contributed by atoms with Crippen LogP contribution in [0.25, 0.3) is 10.6 Å². The lowest BCUT2D eigenvalue weighted by molar-refractivity contribution is 0.427. The number of H-pyrrole nitrogens is 2. The Labute approximate surface area is 176 Å². The van der Waals surface area contributed by atoms with Gasteiger partial charge in [0.25, 0.3) is 0 Å². The van der Waals surface area contributed by atoms with Gasteiger partial charge < -0.3 is 20.0 Å². The third-order valence-electron chi connectivity index (χ3n) is 2.65. The fraction of sp³-hybridized carbons (Fsp3) is 0. The molecule has 4 rings (SSSR count). The smallest absolute Gasteiger partial charge is 0.423 e. The van der Waals surface area contributed by atoms with E-state index in [4.69, 9.17) is 33.2 Å². The summed E-state index contributed by atoms with van der Waals surface area (Å²) in [6.07, 6.45) is 6.75. The van der Waals surface area contributed by atoms with Gasteiger partial charge in [-0.15, -0.1) is 22.7 Å². The number of nitrogens with one attached hydrogen (secondary N) is 2. The van der Waals surface area contributed by atoms with Crippen molar-refractivity contribution in [1.29, 1.82) is 0 Å². The molecular weight excluding hydrogens is 482 g/mol. The average Bonchev–Trinajstić information content (AvgIpc) is 3.35. The Hall–Kier alpha value is -1.14. The normalized spacial score (nSPS) is 9.73. The van der Waals surface area contributed by atoms with Gasteiger partial charge in [0, 0.05) is 4.78 Å². The number of nitrogens with zero attached hydrogens (tertiary/aromatic N) is 2. The molecule has 0 amide bonds. The van der Waals surface area contributed by atoms with Gasteiger partial charge in [-0.1, -0.05) is 29.3 Å². The molecule has 0 unspecified atom stereocenters. The zero-order valence-corrected chi connectivity index (χ0v) is 17.7. The van der Waals surface area contributed by atoms with Crippen LogP contribution in [0.1, 0.15) is 0 Å². The fourth-order valence-corrected chi connectivity index (χ4v) is 3.73. The molecule has 136 valence electrons. The summed E-state index contributed by atoms with van der Waals surface area (Å²) in [5, 5.41) is 17.1. The van der Waals surface area contributed by atoms with Crippen LogP contribution >= 0.6 is 61.8 Å². The van der Waals surface area contributed by atoms with Crippen molar-refractivity contribution in [3.05, 3.63) is 62.6 Å². The monoisotopic (exact) mass is 492 g/mol. The first-order valence-corrected chi connectivity index (χ1v) is 10.1. The van der Waals surface area contributed by atoms with Gasteiger partial charge in [-0.05, 0) is 34.1 Å². The maximum atomic E-state index is 8.54. The van der Waals surface area contributed by atoms with Crippen molar-refractivity contribution in [2.24, 2.45) is 0 Å². The van der Waals surface area contributed by atoms with Crippen LogP contribution in [-0.2, 0) is 0 Å². The molecule has 0 aromatic carbocycles. The van der Waals surface area contributed by atoms with Gasteiger partial charge in [0.2, 0.25) is 0 Å². The quantitative estimate of drug-likeness (QED) is 0.317. The highest BCUT2D eigenvalue weighted by atomic mass is 79.9. The molecule has 0 spiro atoms. The van der Waals surface area contributed by atoms with E-state index in [1.165, 1.54) is 11.3 Å². The van der Waals surface area contributed by atoms with E-state index in [1.807, 2.05) is 12.1 Å². The Kier molecular flexibility index (Phi) is 8.86. The van der Waals surface area contributed by atoms with Crippen LogP contribution in [0.4, 0.5) is 0 Å². The SMILES string of the molecule is Brc1cnc[nH]1.Clc1ccc(-c2cnc[nH]2)s1.OB(O)c1ccc(Cl)s1. The van der Waals surface area contributed by atoms with Crippen LogP contribution in [0, 0.1) is 0 Å². The first-order chi connectivity index (χ1) is 12.5. The third kappa shape index (κ3) is 7.24. The number of halogens is 3. The zero-order valence-electron chi connectivity index (χ0n) is 12.9. The number of aromatic nitrogens is 4. The van der Waals surface area contributed by atoms with E-state index in [1.54, 1.807) is 37.2 Å². The second-order valence-corrected chi connectivity index (χ2v) is 8.80. The molecule has 0 saturated carbocycles. The molecule has 26 heavy (non-hydrogen) atoms. The van der Waals surface area contributed by atoms with Gasteiger partial charge in [-0.25, -0.2) is 9.97 Å². The minimum Gasteiger partial charge on any atom is -0.423 e. The summed E-state index contributed by atoms with van der Waals surface area (Å²) < 4.78 is 2.76. The Bertz CT molecular complexity index is 885. The molecule has 0 fully saturated rings. The van der Waals surface area contributed by atoms with Crippen LogP contribution in [0.3, 0.4) is 0 Å². The molecule has 0 bridgehead atoms. The molecule has 4 aromatic heterocycles. The standard InChI is InChI=1S/C7H5ClN2S.C4H4BClO2S.C3H3BrN2/c8-7-2-1-6(11-7)5-3-9-4-10-5;6-4-2-1-3(9-4)5(7)8;4-3-1-5-2-6-3/h1-4H,(H,9,10);1-2,7-8H;1-2H,(H,5,6). The zero-order chi connectivity index (χ0) is 18.9. The topological polar surface area (TPSA) is 97.8 Å². The number of hydrogen-bond acceptors (Lipinski definition) is 6. The summed E-state index contributed by atoms with van der Waals surface area (Å²) in [5.41, 5.74) is 1.02. The van der Waals surface area contributed by atoms with E-state index in [0.717, 1.165) is 30.8 Å². The minimum absolute atomic E-state index is 0.472. The summed E-state index contributed by atoms with van der Waals surface area (Å²) in [7, 11) is -1.39. The molecule has 12 heteroatoms. The van der Waals surface area contributed by atoms with Crippen LogP contribution in [0.2, 0.25) is 8.67 Å². The summed E-state index contributed by atoms with van der Waals surface area (Å²) in [4.78, 5) is 14.6. The van der Waals surface area contributed by atoms with Crippen LogP contribution in [0.15, 0.2) is 53.9 Å². The van der Waals surface area contributed by atoms with Gasteiger partial charge in [-0.2, -0.15) is 0 Å². The Morgan fingerprint density at radius 3 is 1.92 bits per heavy atom. The molecule has 0 radical (unpaired) electrons. The van der Waals surface area contributed by atoms with Crippen molar-refractivity contribution in [2.75, 3.05) is 0 Å². The molecule has 0 aliphatic carbocycles. The molecule has 4 N–H and O–H groups in total. The van der Waals surface area contributed by atoms with Crippen molar-refractivity contribution in [3.8, 4) is 10.6 Å². The second-order valence-electron chi connectivity index (χ2n) is 4.48. The van der Waals surface area contributed by atoms with Gasteiger partial charge in [0.1, 0.15) is 4.60 Å². The van der Waals surface area contributed by atoms with Crippen LogP contribution < -0.4 is 4.78 Å². The van der Waals surface area contributed by atoms with E-state index in [9.17, 15) is 0 Å². The lowest BCUT2D eigenvalue weighted by Crippen LogP contribution is -2.26. The molecule has 6 nitrogen and oxygen atoms in total. The number of hydrogen-bond donors (Lipinski definition) is 4. The Balaban J connectivity index is 0.000000147. The van der Waals surface area contributed by atoms with Crippen molar-refractivity contribution in [2.45, 2.75) is 0 Å². The number of rotatable bonds is 2. The summed E-state index contributed by atoms with van der Waals surface area (Å²) in [6, 6.07) is 7.06. The van der Waals surface area contributed by atoms with Crippen molar-refractivity contribution >= 4 is 73.7 Å². The van der Waals surface area contributed by atoms with Crippen molar-refractivity contribution in [3.63, 3.8) is 0 Å². The van der Waals surface area contributed by atoms with Crippen LogP contribution in [0.5, 0.6) is 0 Å². The molecule has 0 aliphatic heterocycles. The van der Waals surface area contributed by atoms with Gasteiger partial charge in [0.05, 0.1) is 44.3 Å². The van der Waals surface area contributed by atoms with E-state index in [-0.39, 0.29) is 0 Å². The maximum absolute atomic E-state index is 8.54. The maximum Gasteiger partial charge on any atom is 0.499 e. The fourth-order valence-electron chi connectivity index (χ4n) is 1.56. The average molecular weight is 494 g/mol. The third-order valence-corrected chi connectivity index (χ3v) is 5.62. The molecule has 4 aromatic rings. The summed E-state index contributed by atoms with van der Waals surface area (Å²) >= 11 is 17.1. The highest BCUT2D eigenvalue weighted by molar-refractivity contribution is 9.10. The van der Waals surface area contributed by atoms with E-state index < -0.39 is 7.12 Å². The highest BCUT2D eigenvalue weighted by Crippen LogP contribution is 2.28. The number of thiophene rings is 2. The molecule has 0 aliphatic rings. The predicted octanol–water partition coefficient (Wildman–Crippen LogP) is 4.05. The molecule has 0 atom stereocenters. The Morgan fingerprint density at radius 2 is 1.58 bits per heavy atom. The van der Waals surface area contributed by atoms with Gasteiger partial charge in [-0.3, -0.25) is 0 Å². The minimum atomic E-state index is -1.39. The van der Waals surface area contributed by atoms with Crippen molar-refractivity contribution < 1.29 is 10.0 Å². The summed E-state index contributed by atoms with van der Waals surface area (Å²) in [6.45, 7) is 0. The molecule has 0 saturated heterocycles. The highest BCUT2D eigenvalue weighted by Gasteiger charge is 2.12.